The van der Waals surface area contributed by atoms with Crippen LogP contribution in [-0.2, 0) is 0 Å². The first kappa shape index (κ1) is 52.1. The molecule has 9 aromatic heterocycles. The van der Waals surface area contributed by atoms with E-state index in [0.29, 0.717) is 14.6 Å². The number of halogens is 3. The number of carboxylic acids is 3. The number of amidine groups is 3. The van der Waals surface area contributed by atoms with Crippen molar-refractivity contribution in [2.75, 3.05) is 45.9 Å². The molecule has 13 rings (SSSR count). The molecule has 0 unspecified atom stereocenters. The molecule has 0 saturated heterocycles. The zero-order chi connectivity index (χ0) is 49.5. The number of aliphatic hydroxyl groups is 1. The molecule has 1 aromatic carbocycles. The first-order valence-corrected chi connectivity index (χ1v) is 29.7. The van der Waals surface area contributed by atoms with E-state index in [-0.39, 0.29) is 6.61 Å². The van der Waals surface area contributed by atoms with Crippen LogP contribution < -0.4 is 46.2 Å². The first-order chi connectivity index (χ1) is 33.8. The summed E-state index contributed by atoms with van der Waals surface area (Å²) in [6, 6.07) is 18.0. The van der Waals surface area contributed by atoms with Gasteiger partial charge in [0, 0.05) is 34.8 Å². The number of fused-ring (bicyclic) bond motifs is 9. The quantitative estimate of drug-likeness (QED) is 0.120. The van der Waals surface area contributed by atoms with Gasteiger partial charge in [-0.05, 0) is 77.7 Å². The number of hydrogen-bond donors (Lipinski definition) is 7. The minimum atomic E-state index is -1.08. The van der Waals surface area contributed by atoms with Crippen LogP contribution in [0.1, 0.15) is 52.6 Å². The van der Waals surface area contributed by atoms with Crippen LogP contribution in [0.3, 0.4) is 0 Å². The van der Waals surface area contributed by atoms with Gasteiger partial charge in [0.25, 0.3) is 17.5 Å². The summed E-state index contributed by atoms with van der Waals surface area (Å²) in [6.07, 6.45) is 0. The Morgan fingerprint density at radius 2 is 0.786 bits per heavy atom. The fourth-order valence-corrected chi connectivity index (χ4v) is 17.9. The Bertz CT molecular complexity index is 3190. The van der Waals surface area contributed by atoms with Crippen LogP contribution in [-0.4, -0.2) is 90.7 Å². The van der Waals surface area contributed by atoms with Crippen LogP contribution in [0.15, 0.2) is 70.7 Å². The molecule has 10 aromatic rings. The number of thiophene rings is 9. The van der Waals surface area contributed by atoms with Crippen LogP contribution in [0.2, 0.25) is 0 Å². The maximum atomic E-state index is 10.7. The van der Waals surface area contributed by atoms with Crippen LogP contribution in [0.4, 0.5) is 0 Å². The molecule has 3 aliphatic rings. The van der Waals surface area contributed by atoms with Gasteiger partial charge in [-0.2, -0.15) is 0 Å². The summed E-state index contributed by atoms with van der Waals surface area (Å²) in [7, 11) is 0. The number of alkyl halides is 3. The number of rotatable bonds is 6. The zero-order valence-corrected chi connectivity index (χ0v) is 45.8. The highest BCUT2D eigenvalue weighted by atomic mass is 35.6. The lowest BCUT2D eigenvalue weighted by Gasteiger charge is -2.04. The lowest BCUT2D eigenvalue weighted by atomic mass is 10.0. The van der Waals surface area contributed by atoms with E-state index in [0.717, 1.165) is 85.0 Å². The third kappa shape index (κ3) is 12.3. The Hall–Kier alpha value is -4.27. The van der Waals surface area contributed by atoms with Crippen molar-refractivity contribution in [3.05, 3.63) is 102 Å². The van der Waals surface area contributed by atoms with Crippen molar-refractivity contribution in [2.45, 2.75) is 11.2 Å². The minimum absolute atomic E-state index is 0.250. The maximum Gasteiger partial charge on any atom is 0.275 e. The fraction of sp³-hybridized carbons (Fsp3) is 0.200. The molecular formula is C45H37Cl3N6O7S9. The number of benzene rings is 1. The number of nitrogens with one attached hydrogen (secondary N) is 6. The molecule has 0 aliphatic carbocycles. The SMILES string of the molecule is CCO.ClC(Cl)Cl.O=C([O-])c1cc2sc3ccsc3c2s1.O=C([O-])c1cc2sc3ccsc3c2s1.O=C([O-])c1cc2sc3ccsc3c2s1.c1c(C2=[NH+]CCN2)cc(C2=[NH+]CCN2)cc1C1=[NH+]CCN1. The Morgan fingerprint density at radius 3 is 1.01 bits per heavy atom. The van der Waals surface area contributed by atoms with Gasteiger partial charge >= 0.3 is 0 Å². The third-order valence-corrected chi connectivity index (χ3v) is 20.5. The van der Waals surface area contributed by atoms with Gasteiger partial charge < -0.3 is 34.8 Å². The molecule has 364 valence electrons. The largest absolute Gasteiger partial charge is 0.544 e. The van der Waals surface area contributed by atoms with Crippen molar-refractivity contribution < 1.29 is 49.8 Å². The average Bonchev–Trinajstić information content (AvgIpc) is 4.15. The van der Waals surface area contributed by atoms with Gasteiger partial charge in [-0.15, -0.1) is 102 Å². The highest BCUT2D eigenvalue weighted by molar-refractivity contribution is 7.40. The van der Waals surface area contributed by atoms with Crippen molar-refractivity contribution in [2.24, 2.45) is 0 Å². The third-order valence-electron chi connectivity index (χ3n) is 9.85. The second kappa shape index (κ2) is 24.0. The van der Waals surface area contributed by atoms with Crippen molar-refractivity contribution in [1.29, 1.82) is 0 Å². The van der Waals surface area contributed by atoms with Gasteiger partial charge in [-0.25, -0.2) is 0 Å². The minimum Gasteiger partial charge on any atom is -0.544 e. The molecule has 0 spiro atoms. The topological polar surface area (TPSA) is 219 Å². The van der Waals surface area contributed by atoms with Gasteiger partial charge in [0.05, 0.1) is 77.4 Å². The van der Waals surface area contributed by atoms with Crippen molar-refractivity contribution in [3.63, 3.8) is 0 Å². The summed E-state index contributed by atoms with van der Waals surface area (Å²) >= 11 is 28.2. The van der Waals surface area contributed by atoms with Gasteiger partial charge in [0.2, 0.25) is 0 Å². The number of aliphatic hydroxyl groups excluding tert-OH is 1. The molecule has 0 radical (unpaired) electrons. The number of hydrogen-bond acceptors (Lipinski definition) is 19. The molecule has 0 bridgehead atoms. The molecule has 7 N–H and O–H groups in total. The summed E-state index contributed by atoms with van der Waals surface area (Å²) in [5.41, 5.74) is 3.60. The van der Waals surface area contributed by atoms with E-state index in [4.69, 9.17) is 39.9 Å². The molecular weight excluding hydrogens is 1130 g/mol. The van der Waals surface area contributed by atoms with E-state index in [9.17, 15) is 29.7 Å². The highest BCUT2D eigenvalue weighted by Gasteiger charge is 2.25. The summed E-state index contributed by atoms with van der Waals surface area (Å²) in [4.78, 5) is 43.2. The summed E-state index contributed by atoms with van der Waals surface area (Å²) in [6.45, 7) is 7.82. The molecule has 70 heavy (non-hydrogen) atoms. The Balaban J connectivity index is 0.000000122. The fourth-order valence-electron chi connectivity index (χ4n) is 7.10. The standard InChI is InChI=1S/C15H18N6.3C9H4O2S3.C2H6O.CHCl3/c1-2-17-13(16-1)10-7-11(14-18-3-4-19-14)9-12(8-10)15-20-5-6-21-15;3*10-9(11)6-3-5-8(14-6)7-4(13-5)1-2-12-7;1-2-3;2-1(3)4/h7-9H,1-6H2,(H,16,17)(H,18,19)(H,20,21);3*1-3H,(H,10,11);3H,2H2,1H3;1H. The van der Waals surface area contributed by atoms with Crippen molar-refractivity contribution in [3.8, 4) is 0 Å². The normalized spacial score (nSPS) is 13.7. The average molecular weight is 1170 g/mol. The Kier molecular flexibility index (Phi) is 17.8. The van der Waals surface area contributed by atoms with Crippen LogP contribution >= 0.6 is 137 Å². The van der Waals surface area contributed by atoms with E-state index in [2.05, 4.69) is 67.3 Å². The van der Waals surface area contributed by atoms with Crippen LogP contribution in [0.5, 0.6) is 0 Å². The van der Waals surface area contributed by atoms with E-state index < -0.39 is 22.2 Å². The van der Waals surface area contributed by atoms with Crippen molar-refractivity contribution in [1.82, 2.24) is 16.0 Å². The highest BCUT2D eigenvalue weighted by Crippen LogP contribution is 2.44. The predicted octanol–water partition coefficient (Wildman–Crippen LogP) is 3.59. The lowest BCUT2D eigenvalue weighted by Crippen LogP contribution is -2.71. The Morgan fingerprint density at radius 1 is 0.514 bits per heavy atom. The molecule has 0 fully saturated rings. The number of carboxylic acid groups (broad SMARTS) is 3. The molecule has 12 heterocycles. The number of aromatic carboxylic acids is 3. The molecule has 0 amide bonds. The molecule has 0 saturated carbocycles. The van der Waals surface area contributed by atoms with Crippen LogP contribution in [0.25, 0.3) is 56.4 Å². The van der Waals surface area contributed by atoms with Gasteiger partial charge in [-0.1, -0.05) is 34.8 Å². The van der Waals surface area contributed by atoms with Gasteiger partial charge in [0.15, 0.2) is 4.30 Å². The number of carbonyl (C=O) groups is 3. The van der Waals surface area contributed by atoms with E-state index >= 15 is 0 Å². The molecule has 0 atom stereocenters. The molecule has 3 aliphatic heterocycles. The van der Waals surface area contributed by atoms with Gasteiger partial charge in [-0.3, -0.25) is 30.9 Å². The predicted molar refractivity (Wildman–Crippen MR) is 293 cm³/mol. The van der Waals surface area contributed by atoms with Crippen molar-refractivity contribution >= 4 is 229 Å². The second-order valence-electron chi connectivity index (χ2n) is 14.5. The zero-order valence-electron chi connectivity index (χ0n) is 36.2. The molecule has 13 nitrogen and oxygen atoms in total. The maximum absolute atomic E-state index is 10.7. The summed E-state index contributed by atoms with van der Waals surface area (Å²) < 4.78 is 13.0. The summed E-state index contributed by atoms with van der Waals surface area (Å²) in [5, 5.41) is 55.8. The summed E-state index contributed by atoms with van der Waals surface area (Å²) in [5.74, 6) is 0.121. The number of carbonyl (C=O) groups excluding carboxylic acids is 3. The smallest absolute Gasteiger partial charge is 0.275 e. The Labute approximate surface area is 449 Å². The molecule has 25 heteroatoms. The van der Waals surface area contributed by atoms with E-state index in [1.807, 2.05) is 16.1 Å². The van der Waals surface area contributed by atoms with Crippen LogP contribution in [0, 0.1) is 0 Å². The van der Waals surface area contributed by atoms with Gasteiger partial charge in [0.1, 0.15) is 39.3 Å². The first-order valence-electron chi connectivity index (χ1n) is 20.9. The second-order valence-corrected chi connectivity index (χ2v) is 25.6. The lowest BCUT2D eigenvalue weighted by molar-refractivity contribution is -0.444. The monoisotopic (exact) mass is 1170 g/mol. The van der Waals surface area contributed by atoms with E-state index in [1.165, 1.54) is 78.9 Å². The van der Waals surface area contributed by atoms with E-state index in [1.54, 1.807) is 93.1 Å².